The highest BCUT2D eigenvalue weighted by atomic mass is 19.3. The number of carboxylic acid groups (broad SMARTS) is 1. The first kappa shape index (κ1) is 15.6. The molecule has 0 aliphatic heterocycles. The quantitative estimate of drug-likeness (QED) is 0.829. The molecule has 0 bridgehead atoms. The fourth-order valence-electron chi connectivity index (χ4n) is 1.95. The van der Waals surface area contributed by atoms with E-state index >= 15 is 0 Å². The summed E-state index contributed by atoms with van der Waals surface area (Å²) in [5.74, 6) is -4.01. The van der Waals surface area contributed by atoms with Gasteiger partial charge in [0, 0.05) is 12.1 Å². The molecule has 1 aromatic carbocycles. The van der Waals surface area contributed by atoms with Crippen molar-refractivity contribution in [3.63, 3.8) is 0 Å². The summed E-state index contributed by atoms with van der Waals surface area (Å²) in [6.45, 7) is 3.11. The Morgan fingerprint density at radius 1 is 1.32 bits per heavy atom. The van der Waals surface area contributed by atoms with Gasteiger partial charge in [-0.3, -0.25) is 9.69 Å². The largest absolute Gasteiger partial charge is 0.480 e. The van der Waals surface area contributed by atoms with Crippen molar-refractivity contribution in [1.82, 2.24) is 4.90 Å². The van der Waals surface area contributed by atoms with Gasteiger partial charge >= 0.3 is 5.97 Å². The van der Waals surface area contributed by atoms with Gasteiger partial charge in [0.1, 0.15) is 0 Å². The van der Waals surface area contributed by atoms with E-state index in [-0.39, 0.29) is 18.0 Å². The number of halogens is 2. The van der Waals surface area contributed by atoms with E-state index in [4.69, 9.17) is 5.11 Å². The van der Waals surface area contributed by atoms with Gasteiger partial charge in [-0.05, 0) is 5.92 Å². The highest BCUT2D eigenvalue weighted by Gasteiger charge is 2.34. The molecular formula is C14H19F2NO2. The van der Waals surface area contributed by atoms with Crippen LogP contribution in [0.1, 0.15) is 19.4 Å². The topological polar surface area (TPSA) is 40.5 Å². The van der Waals surface area contributed by atoms with Crippen LogP contribution in [0.2, 0.25) is 0 Å². The summed E-state index contributed by atoms with van der Waals surface area (Å²) in [6.07, 6.45) is 0. The second-order valence-corrected chi connectivity index (χ2v) is 5.03. The number of carboxylic acids is 1. The van der Waals surface area contributed by atoms with Crippen LogP contribution in [0.25, 0.3) is 0 Å². The third-order valence-electron chi connectivity index (χ3n) is 2.60. The molecule has 0 radical (unpaired) electrons. The molecule has 0 aromatic heterocycles. The first-order valence-corrected chi connectivity index (χ1v) is 6.19. The van der Waals surface area contributed by atoms with E-state index in [0.29, 0.717) is 6.54 Å². The summed E-state index contributed by atoms with van der Waals surface area (Å²) in [7, 11) is 0. The maximum atomic E-state index is 14.1. The van der Waals surface area contributed by atoms with Gasteiger partial charge in [-0.15, -0.1) is 0 Å². The number of benzene rings is 1. The van der Waals surface area contributed by atoms with Crippen LogP contribution in [-0.4, -0.2) is 35.6 Å². The molecule has 1 N–H and O–H groups in total. The zero-order valence-electron chi connectivity index (χ0n) is 11.1. The molecule has 106 valence electrons. The van der Waals surface area contributed by atoms with Crippen molar-refractivity contribution < 1.29 is 18.7 Å². The number of nitrogens with zero attached hydrogens (tertiary/aromatic N) is 1. The van der Waals surface area contributed by atoms with E-state index in [2.05, 4.69) is 0 Å². The Morgan fingerprint density at radius 3 is 2.37 bits per heavy atom. The Hall–Kier alpha value is -1.49. The standard InChI is InChI=1S/C14H19F2NO2/c1-11(2)8-17(9-13(18)19)10-14(15,16)12-6-4-3-5-7-12/h3-7,11H,8-10H2,1-2H3,(H,18,19). The van der Waals surface area contributed by atoms with Gasteiger partial charge in [-0.2, -0.15) is 8.78 Å². The second kappa shape index (κ2) is 6.61. The van der Waals surface area contributed by atoms with Gasteiger partial charge in [-0.1, -0.05) is 44.2 Å². The highest BCUT2D eigenvalue weighted by Crippen LogP contribution is 2.28. The van der Waals surface area contributed by atoms with E-state index in [1.165, 1.54) is 17.0 Å². The molecule has 0 saturated heterocycles. The number of carbonyl (C=O) groups is 1. The van der Waals surface area contributed by atoms with E-state index in [1.54, 1.807) is 18.2 Å². The predicted octanol–water partition coefficient (Wildman–Crippen LogP) is 2.82. The van der Waals surface area contributed by atoms with Crippen molar-refractivity contribution >= 4 is 5.97 Å². The fraction of sp³-hybridized carbons (Fsp3) is 0.500. The van der Waals surface area contributed by atoms with Crippen LogP contribution in [0.5, 0.6) is 0 Å². The lowest BCUT2D eigenvalue weighted by molar-refractivity contribution is -0.139. The van der Waals surface area contributed by atoms with Crippen LogP contribution in [0.3, 0.4) is 0 Å². The number of aliphatic carboxylic acids is 1. The zero-order chi connectivity index (χ0) is 14.5. The third-order valence-corrected chi connectivity index (χ3v) is 2.60. The predicted molar refractivity (Wildman–Crippen MR) is 69.2 cm³/mol. The van der Waals surface area contributed by atoms with Crippen LogP contribution in [0.15, 0.2) is 30.3 Å². The first-order chi connectivity index (χ1) is 8.81. The molecule has 3 nitrogen and oxygen atoms in total. The van der Waals surface area contributed by atoms with E-state index in [0.717, 1.165) is 0 Å². The summed E-state index contributed by atoms with van der Waals surface area (Å²) in [6, 6.07) is 7.48. The van der Waals surface area contributed by atoms with E-state index in [9.17, 15) is 13.6 Å². The fourth-order valence-corrected chi connectivity index (χ4v) is 1.95. The molecule has 0 spiro atoms. The molecule has 0 aliphatic rings. The molecule has 0 atom stereocenters. The monoisotopic (exact) mass is 271 g/mol. The van der Waals surface area contributed by atoms with Crippen molar-refractivity contribution in [3.8, 4) is 0 Å². The Morgan fingerprint density at radius 2 is 1.89 bits per heavy atom. The van der Waals surface area contributed by atoms with Gasteiger partial charge < -0.3 is 5.11 Å². The van der Waals surface area contributed by atoms with Gasteiger partial charge in [0.2, 0.25) is 0 Å². The number of hydrogen-bond donors (Lipinski definition) is 1. The minimum atomic E-state index is -3.05. The van der Waals surface area contributed by atoms with Crippen LogP contribution in [0, 0.1) is 5.92 Å². The molecule has 0 unspecified atom stereocenters. The molecule has 0 amide bonds. The van der Waals surface area contributed by atoms with Gasteiger partial charge in [0.05, 0.1) is 13.1 Å². The zero-order valence-corrected chi connectivity index (χ0v) is 11.1. The first-order valence-electron chi connectivity index (χ1n) is 6.19. The van der Waals surface area contributed by atoms with Gasteiger partial charge in [0.25, 0.3) is 5.92 Å². The maximum absolute atomic E-state index is 14.1. The molecule has 0 saturated carbocycles. The number of hydrogen-bond acceptors (Lipinski definition) is 2. The summed E-state index contributed by atoms with van der Waals surface area (Å²) in [4.78, 5) is 12.0. The minimum Gasteiger partial charge on any atom is -0.480 e. The Labute approximate surface area is 111 Å². The Balaban J connectivity index is 2.79. The van der Waals surface area contributed by atoms with E-state index in [1.807, 2.05) is 13.8 Å². The minimum absolute atomic E-state index is 0.0888. The van der Waals surface area contributed by atoms with Crippen molar-refractivity contribution in [1.29, 1.82) is 0 Å². The van der Waals surface area contributed by atoms with Crippen molar-refractivity contribution in [2.75, 3.05) is 19.6 Å². The normalized spacial score (nSPS) is 12.1. The number of rotatable bonds is 7. The molecule has 0 fully saturated rings. The summed E-state index contributed by atoms with van der Waals surface area (Å²) >= 11 is 0. The Kier molecular flexibility index (Phi) is 5.42. The lowest BCUT2D eigenvalue weighted by Gasteiger charge is -2.27. The van der Waals surface area contributed by atoms with Crippen LogP contribution in [0.4, 0.5) is 8.78 Å². The SMILES string of the molecule is CC(C)CN(CC(=O)O)CC(F)(F)c1ccccc1. The third kappa shape index (κ3) is 5.34. The second-order valence-electron chi connectivity index (χ2n) is 5.03. The molecule has 5 heteroatoms. The van der Waals surface area contributed by atoms with E-state index < -0.39 is 18.4 Å². The summed E-state index contributed by atoms with van der Waals surface area (Å²) in [5.41, 5.74) is -0.0888. The Bertz CT molecular complexity index is 407. The maximum Gasteiger partial charge on any atom is 0.317 e. The molecule has 0 heterocycles. The molecule has 1 rings (SSSR count). The lowest BCUT2D eigenvalue weighted by atomic mass is 10.1. The smallest absolute Gasteiger partial charge is 0.317 e. The molecule has 0 aliphatic carbocycles. The van der Waals surface area contributed by atoms with Crippen molar-refractivity contribution in [3.05, 3.63) is 35.9 Å². The average Bonchev–Trinajstić information content (AvgIpc) is 2.27. The number of alkyl halides is 2. The van der Waals surface area contributed by atoms with Gasteiger partial charge in [-0.25, -0.2) is 0 Å². The average molecular weight is 271 g/mol. The van der Waals surface area contributed by atoms with Crippen LogP contribution in [-0.2, 0) is 10.7 Å². The van der Waals surface area contributed by atoms with Crippen molar-refractivity contribution in [2.45, 2.75) is 19.8 Å². The molecular weight excluding hydrogens is 252 g/mol. The van der Waals surface area contributed by atoms with Crippen molar-refractivity contribution in [2.24, 2.45) is 5.92 Å². The van der Waals surface area contributed by atoms with Crippen LogP contribution >= 0.6 is 0 Å². The highest BCUT2D eigenvalue weighted by molar-refractivity contribution is 5.69. The summed E-state index contributed by atoms with van der Waals surface area (Å²) < 4.78 is 28.1. The summed E-state index contributed by atoms with van der Waals surface area (Å²) in [5, 5.41) is 8.78. The van der Waals surface area contributed by atoms with Crippen LogP contribution < -0.4 is 0 Å². The lowest BCUT2D eigenvalue weighted by Crippen LogP contribution is -2.40. The molecule has 19 heavy (non-hydrogen) atoms. The molecule has 1 aromatic rings. The van der Waals surface area contributed by atoms with Gasteiger partial charge in [0.15, 0.2) is 0 Å².